The second kappa shape index (κ2) is 5.74. The first-order valence-electron chi connectivity index (χ1n) is 7.14. The predicted octanol–water partition coefficient (Wildman–Crippen LogP) is 3.42. The van der Waals surface area contributed by atoms with Crippen molar-refractivity contribution in [2.75, 3.05) is 6.54 Å². The minimum atomic E-state index is -0.984. The van der Waals surface area contributed by atoms with Crippen LogP contribution in [0.15, 0.2) is 42.5 Å². The van der Waals surface area contributed by atoms with Crippen molar-refractivity contribution in [3.05, 3.63) is 71.0 Å². The SMILES string of the molecule is OC(CNC1(c2cccc(F)c2)CC1)c1ccc(F)c(F)c1. The van der Waals surface area contributed by atoms with Gasteiger partial charge in [-0.25, -0.2) is 13.2 Å². The zero-order chi connectivity index (χ0) is 15.7. The van der Waals surface area contributed by atoms with E-state index in [1.165, 1.54) is 18.2 Å². The van der Waals surface area contributed by atoms with E-state index in [1.54, 1.807) is 6.07 Å². The molecule has 1 aliphatic carbocycles. The second-order valence-electron chi connectivity index (χ2n) is 5.66. The molecule has 2 aromatic carbocycles. The van der Waals surface area contributed by atoms with E-state index in [4.69, 9.17) is 0 Å². The van der Waals surface area contributed by atoms with Crippen molar-refractivity contribution in [2.45, 2.75) is 24.5 Å². The second-order valence-corrected chi connectivity index (χ2v) is 5.66. The van der Waals surface area contributed by atoms with Crippen LogP contribution in [-0.4, -0.2) is 11.7 Å². The smallest absolute Gasteiger partial charge is 0.159 e. The summed E-state index contributed by atoms with van der Waals surface area (Å²) in [6.45, 7) is 0.182. The Labute approximate surface area is 126 Å². The van der Waals surface area contributed by atoms with Crippen molar-refractivity contribution in [2.24, 2.45) is 0 Å². The quantitative estimate of drug-likeness (QED) is 0.887. The maximum Gasteiger partial charge on any atom is 0.159 e. The molecule has 22 heavy (non-hydrogen) atoms. The van der Waals surface area contributed by atoms with Crippen LogP contribution in [0.2, 0.25) is 0 Å². The molecule has 2 N–H and O–H groups in total. The molecule has 2 nitrogen and oxygen atoms in total. The summed E-state index contributed by atoms with van der Waals surface area (Å²) in [5.41, 5.74) is 0.813. The van der Waals surface area contributed by atoms with Crippen molar-refractivity contribution in [3.63, 3.8) is 0 Å². The Morgan fingerprint density at radius 1 is 1.05 bits per heavy atom. The lowest BCUT2D eigenvalue weighted by Crippen LogP contribution is -2.32. The monoisotopic (exact) mass is 307 g/mol. The molecule has 0 spiro atoms. The number of rotatable bonds is 5. The Balaban J connectivity index is 1.68. The molecule has 3 rings (SSSR count). The fourth-order valence-electron chi connectivity index (χ4n) is 2.61. The molecule has 0 saturated heterocycles. The molecule has 0 amide bonds. The van der Waals surface area contributed by atoms with Gasteiger partial charge in [-0.1, -0.05) is 18.2 Å². The van der Waals surface area contributed by atoms with Gasteiger partial charge in [0, 0.05) is 12.1 Å². The Bertz CT molecular complexity index is 685. The van der Waals surface area contributed by atoms with Crippen molar-refractivity contribution >= 4 is 0 Å². The van der Waals surface area contributed by atoms with Gasteiger partial charge in [0.1, 0.15) is 5.82 Å². The molecule has 0 bridgehead atoms. The summed E-state index contributed by atoms with van der Waals surface area (Å²) in [7, 11) is 0. The average molecular weight is 307 g/mol. The summed E-state index contributed by atoms with van der Waals surface area (Å²) in [6.07, 6.45) is 0.739. The summed E-state index contributed by atoms with van der Waals surface area (Å²) >= 11 is 0. The van der Waals surface area contributed by atoms with Crippen LogP contribution in [0.5, 0.6) is 0 Å². The van der Waals surface area contributed by atoms with Crippen LogP contribution in [0.3, 0.4) is 0 Å². The molecule has 2 aromatic rings. The van der Waals surface area contributed by atoms with Gasteiger partial charge in [-0.15, -0.1) is 0 Å². The number of benzene rings is 2. The fraction of sp³-hybridized carbons (Fsp3) is 0.294. The molecule has 116 valence electrons. The van der Waals surface area contributed by atoms with E-state index in [0.29, 0.717) is 5.56 Å². The Hall–Kier alpha value is -1.85. The third-order valence-electron chi connectivity index (χ3n) is 4.09. The average Bonchev–Trinajstić information content (AvgIpc) is 3.29. The molecule has 1 aliphatic rings. The predicted molar refractivity (Wildman–Crippen MR) is 76.6 cm³/mol. The van der Waals surface area contributed by atoms with Crippen LogP contribution in [0, 0.1) is 17.5 Å². The molecule has 1 atom stereocenters. The zero-order valence-electron chi connectivity index (χ0n) is 11.8. The van der Waals surface area contributed by atoms with Crippen LogP contribution in [0.1, 0.15) is 30.1 Å². The molecular formula is C17H16F3NO. The van der Waals surface area contributed by atoms with Crippen molar-refractivity contribution in [1.29, 1.82) is 0 Å². The van der Waals surface area contributed by atoms with Crippen LogP contribution in [-0.2, 0) is 5.54 Å². The normalized spacial score (nSPS) is 17.3. The van der Waals surface area contributed by atoms with Crippen LogP contribution >= 0.6 is 0 Å². The third-order valence-corrected chi connectivity index (χ3v) is 4.09. The number of aliphatic hydroxyl groups excluding tert-OH is 1. The topological polar surface area (TPSA) is 32.3 Å². The highest BCUT2D eigenvalue weighted by atomic mass is 19.2. The van der Waals surface area contributed by atoms with Crippen LogP contribution in [0.4, 0.5) is 13.2 Å². The summed E-state index contributed by atoms with van der Waals surface area (Å²) < 4.78 is 39.4. The molecule has 0 heterocycles. The number of hydrogen-bond donors (Lipinski definition) is 2. The fourth-order valence-corrected chi connectivity index (χ4v) is 2.61. The lowest BCUT2D eigenvalue weighted by atomic mass is 10.0. The van der Waals surface area contributed by atoms with Crippen LogP contribution < -0.4 is 5.32 Å². The highest BCUT2D eigenvalue weighted by Gasteiger charge is 2.44. The van der Waals surface area contributed by atoms with Gasteiger partial charge in [0.25, 0.3) is 0 Å². The lowest BCUT2D eigenvalue weighted by molar-refractivity contribution is 0.167. The number of halogens is 3. The highest BCUT2D eigenvalue weighted by Crippen LogP contribution is 2.45. The van der Waals surface area contributed by atoms with Crippen molar-refractivity contribution in [3.8, 4) is 0 Å². The van der Waals surface area contributed by atoms with Gasteiger partial charge in [-0.2, -0.15) is 0 Å². The summed E-state index contributed by atoms with van der Waals surface area (Å²) in [4.78, 5) is 0. The van der Waals surface area contributed by atoms with Gasteiger partial charge in [-0.05, 0) is 48.2 Å². The summed E-state index contributed by atoms with van der Waals surface area (Å²) in [5.74, 6) is -2.23. The Kier molecular flexibility index (Phi) is 3.93. The van der Waals surface area contributed by atoms with E-state index in [9.17, 15) is 18.3 Å². The lowest BCUT2D eigenvalue weighted by Gasteiger charge is -2.21. The van der Waals surface area contributed by atoms with Gasteiger partial charge in [0.05, 0.1) is 6.10 Å². The molecular weight excluding hydrogens is 291 g/mol. The van der Waals surface area contributed by atoms with E-state index < -0.39 is 17.7 Å². The maximum absolute atomic E-state index is 13.3. The third kappa shape index (κ3) is 3.00. The molecule has 1 saturated carbocycles. The van der Waals surface area contributed by atoms with E-state index in [0.717, 1.165) is 30.5 Å². The van der Waals surface area contributed by atoms with Gasteiger partial charge in [0.15, 0.2) is 11.6 Å². The van der Waals surface area contributed by atoms with Gasteiger partial charge < -0.3 is 10.4 Å². The molecule has 1 unspecified atom stereocenters. The number of hydrogen-bond acceptors (Lipinski definition) is 2. The number of nitrogens with one attached hydrogen (secondary N) is 1. The van der Waals surface area contributed by atoms with Crippen molar-refractivity contribution in [1.82, 2.24) is 5.32 Å². The molecule has 0 aliphatic heterocycles. The molecule has 1 fully saturated rings. The largest absolute Gasteiger partial charge is 0.387 e. The van der Waals surface area contributed by atoms with E-state index in [-0.39, 0.29) is 17.9 Å². The molecule has 0 radical (unpaired) electrons. The van der Waals surface area contributed by atoms with Gasteiger partial charge >= 0.3 is 0 Å². The first-order chi connectivity index (χ1) is 10.5. The van der Waals surface area contributed by atoms with Gasteiger partial charge in [-0.3, -0.25) is 0 Å². The Morgan fingerprint density at radius 2 is 1.82 bits per heavy atom. The zero-order valence-corrected chi connectivity index (χ0v) is 11.8. The minimum Gasteiger partial charge on any atom is -0.387 e. The van der Waals surface area contributed by atoms with E-state index in [2.05, 4.69) is 5.32 Å². The maximum atomic E-state index is 13.3. The Morgan fingerprint density at radius 3 is 2.45 bits per heavy atom. The van der Waals surface area contributed by atoms with Gasteiger partial charge in [0.2, 0.25) is 0 Å². The summed E-state index contributed by atoms with van der Waals surface area (Å²) in [5, 5.41) is 13.3. The standard InChI is InChI=1S/C17H16F3NO/c18-13-3-1-2-12(9-13)17(6-7-17)21-10-16(22)11-4-5-14(19)15(20)8-11/h1-5,8-9,16,21-22H,6-7,10H2. The highest BCUT2D eigenvalue weighted by molar-refractivity contribution is 5.31. The summed E-state index contributed by atoms with van der Waals surface area (Å²) in [6, 6.07) is 9.69. The van der Waals surface area contributed by atoms with Crippen LogP contribution in [0.25, 0.3) is 0 Å². The number of aliphatic hydroxyl groups is 1. The first-order valence-corrected chi connectivity index (χ1v) is 7.14. The molecule has 0 aromatic heterocycles. The first kappa shape index (κ1) is 15.1. The minimum absolute atomic E-state index is 0.182. The molecule has 5 heteroatoms. The van der Waals surface area contributed by atoms with E-state index in [1.807, 2.05) is 6.07 Å². The van der Waals surface area contributed by atoms with E-state index >= 15 is 0 Å². The van der Waals surface area contributed by atoms with Crippen molar-refractivity contribution < 1.29 is 18.3 Å².